The van der Waals surface area contributed by atoms with E-state index in [1.165, 1.54) is 12.0 Å². The van der Waals surface area contributed by atoms with Crippen molar-refractivity contribution in [3.05, 3.63) is 46.3 Å². The maximum absolute atomic E-state index is 8.55. The molecule has 1 saturated heterocycles. The molecule has 0 radical (unpaired) electrons. The fraction of sp³-hybridized carbons (Fsp3) is 0.571. The van der Waals surface area contributed by atoms with Gasteiger partial charge in [0.05, 0.1) is 0 Å². The average molecular weight is 244 g/mol. The number of likely N-dealkylation sites (tertiary alicyclic amines) is 1. The highest BCUT2D eigenvalue weighted by Gasteiger charge is 2.38. The highest BCUT2D eigenvalue weighted by molar-refractivity contribution is 5.15. The molecular weight excluding hydrogens is 224 g/mol. The minimum Gasteiger partial charge on any atom is -0.293 e. The van der Waals surface area contributed by atoms with Crippen molar-refractivity contribution in [1.82, 2.24) is 4.90 Å². The van der Waals surface area contributed by atoms with Crippen molar-refractivity contribution < 1.29 is 0 Å². The highest BCUT2D eigenvalue weighted by Crippen LogP contribution is 2.34. The van der Waals surface area contributed by atoms with E-state index in [0.717, 1.165) is 25.9 Å². The molecule has 96 valence electrons. The van der Waals surface area contributed by atoms with Crippen molar-refractivity contribution in [2.24, 2.45) is 5.11 Å². The van der Waals surface area contributed by atoms with Crippen LogP contribution in [0.25, 0.3) is 10.4 Å². The van der Waals surface area contributed by atoms with Crippen LogP contribution in [0.4, 0.5) is 0 Å². The molecule has 0 saturated carbocycles. The standard InChI is InChI=1S/C14H20N4/c1-2-14(12-16-17-15)9-6-10-18(14)11-13-7-4-3-5-8-13/h3-5,7-8H,2,6,9-12H2,1H3. The number of benzene rings is 1. The van der Waals surface area contributed by atoms with E-state index < -0.39 is 0 Å². The molecule has 1 atom stereocenters. The maximum atomic E-state index is 8.55. The Bertz CT molecular complexity index is 425. The first-order valence-electron chi connectivity index (χ1n) is 6.60. The second-order valence-electron chi connectivity index (χ2n) is 4.98. The van der Waals surface area contributed by atoms with Crippen LogP contribution in [0, 0.1) is 0 Å². The minimum absolute atomic E-state index is 0.0715. The van der Waals surface area contributed by atoms with Gasteiger partial charge in [-0.1, -0.05) is 42.4 Å². The van der Waals surface area contributed by atoms with Gasteiger partial charge in [0.15, 0.2) is 0 Å². The normalized spacial score (nSPS) is 23.8. The van der Waals surface area contributed by atoms with Crippen molar-refractivity contribution >= 4 is 0 Å². The van der Waals surface area contributed by atoms with Gasteiger partial charge >= 0.3 is 0 Å². The number of hydrogen-bond acceptors (Lipinski definition) is 2. The SMILES string of the molecule is CCC1(CN=[N+]=[N-])CCCN1Cc1ccccc1. The van der Waals surface area contributed by atoms with E-state index in [-0.39, 0.29) is 5.54 Å². The lowest BCUT2D eigenvalue weighted by atomic mass is 9.92. The summed E-state index contributed by atoms with van der Waals surface area (Å²) in [5.74, 6) is 0. The van der Waals surface area contributed by atoms with Gasteiger partial charge in [-0.3, -0.25) is 4.90 Å². The Morgan fingerprint density at radius 3 is 2.83 bits per heavy atom. The van der Waals surface area contributed by atoms with E-state index in [0.29, 0.717) is 6.54 Å². The zero-order valence-corrected chi connectivity index (χ0v) is 10.9. The summed E-state index contributed by atoms with van der Waals surface area (Å²) in [5, 5.41) is 3.83. The Morgan fingerprint density at radius 1 is 1.39 bits per heavy atom. The molecule has 4 heteroatoms. The summed E-state index contributed by atoms with van der Waals surface area (Å²) < 4.78 is 0. The zero-order valence-electron chi connectivity index (χ0n) is 10.9. The largest absolute Gasteiger partial charge is 0.293 e. The van der Waals surface area contributed by atoms with E-state index >= 15 is 0 Å². The first-order valence-corrected chi connectivity index (χ1v) is 6.60. The van der Waals surface area contributed by atoms with Gasteiger partial charge in [-0.2, -0.15) is 0 Å². The average Bonchev–Trinajstić information content (AvgIpc) is 2.81. The van der Waals surface area contributed by atoms with Crippen molar-refractivity contribution in [1.29, 1.82) is 0 Å². The summed E-state index contributed by atoms with van der Waals surface area (Å²) in [4.78, 5) is 5.42. The van der Waals surface area contributed by atoms with Gasteiger partial charge in [0.25, 0.3) is 0 Å². The second kappa shape index (κ2) is 5.89. The summed E-state index contributed by atoms with van der Waals surface area (Å²) in [7, 11) is 0. The molecule has 1 heterocycles. The topological polar surface area (TPSA) is 52.0 Å². The van der Waals surface area contributed by atoms with E-state index in [4.69, 9.17) is 5.53 Å². The van der Waals surface area contributed by atoms with Crippen molar-refractivity contribution in [3.8, 4) is 0 Å². The quantitative estimate of drug-likeness (QED) is 0.442. The van der Waals surface area contributed by atoms with Crippen LogP contribution in [-0.4, -0.2) is 23.5 Å². The lowest BCUT2D eigenvalue weighted by molar-refractivity contribution is 0.131. The molecule has 0 aliphatic carbocycles. The zero-order chi connectivity index (χ0) is 12.8. The molecule has 1 aliphatic rings. The van der Waals surface area contributed by atoms with Gasteiger partial charge in [0.2, 0.25) is 0 Å². The lowest BCUT2D eigenvalue weighted by Gasteiger charge is -2.37. The van der Waals surface area contributed by atoms with Gasteiger partial charge in [0.1, 0.15) is 0 Å². The number of nitrogens with zero attached hydrogens (tertiary/aromatic N) is 4. The fourth-order valence-corrected chi connectivity index (χ4v) is 2.90. The van der Waals surface area contributed by atoms with Gasteiger partial charge in [-0.05, 0) is 36.9 Å². The monoisotopic (exact) mass is 244 g/mol. The summed E-state index contributed by atoms with van der Waals surface area (Å²) in [5.41, 5.74) is 9.96. The van der Waals surface area contributed by atoms with Crippen LogP contribution in [0.2, 0.25) is 0 Å². The molecular formula is C14H20N4. The van der Waals surface area contributed by atoms with E-state index in [1.54, 1.807) is 0 Å². The van der Waals surface area contributed by atoms with Crippen LogP contribution < -0.4 is 0 Å². The van der Waals surface area contributed by atoms with Crippen LogP contribution in [0.5, 0.6) is 0 Å². The van der Waals surface area contributed by atoms with E-state index in [2.05, 4.69) is 46.1 Å². The number of rotatable bonds is 5. The summed E-state index contributed by atoms with van der Waals surface area (Å²) in [6, 6.07) is 10.5. The Morgan fingerprint density at radius 2 is 2.17 bits per heavy atom. The minimum atomic E-state index is 0.0715. The molecule has 18 heavy (non-hydrogen) atoms. The molecule has 2 rings (SSSR count). The number of azide groups is 1. The van der Waals surface area contributed by atoms with Crippen molar-refractivity contribution in [2.45, 2.75) is 38.3 Å². The highest BCUT2D eigenvalue weighted by atomic mass is 15.3. The molecule has 4 nitrogen and oxygen atoms in total. The molecule has 0 amide bonds. The molecule has 0 bridgehead atoms. The van der Waals surface area contributed by atoms with Crippen LogP contribution in [0.1, 0.15) is 31.7 Å². The molecule has 1 unspecified atom stereocenters. The maximum Gasteiger partial charge on any atom is 0.0443 e. The van der Waals surface area contributed by atoms with Crippen LogP contribution in [0.15, 0.2) is 35.4 Å². The smallest absolute Gasteiger partial charge is 0.0443 e. The first kappa shape index (κ1) is 12.9. The summed E-state index contributed by atoms with van der Waals surface area (Å²) in [6.45, 7) is 4.84. The third-order valence-electron chi connectivity index (χ3n) is 4.04. The molecule has 1 aromatic rings. The molecule has 1 aliphatic heterocycles. The molecule has 0 spiro atoms. The first-order chi connectivity index (χ1) is 8.80. The molecule has 0 aromatic heterocycles. The summed E-state index contributed by atoms with van der Waals surface area (Å²) >= 11 is 0. The Kier molecular flexibility index (Phi) is 4.24. The van der Waals surface area contributed by atoms with E-state index in [1.807, 2.05) is 6.07 Å². The molecule has 1 aromatic carbocycles. The van der Waals surface area contributed by atoms with Crippen LogP contribution in [-0.2, 0) is 6.54 Å². The third kappa shape index (κ3) is 2.66. The Labute approximate surface area is 108 Å². The third-order valence-corrected chi connectivity index (χ3v) is 4.04. The fourth-order valence-electron chi connectivity index (χ4n) is 2.90. The van der Waals surface area contributed by atoms with Crippen molar-refractivity contribution in [3.63, 3.8) is 0 Å². The van der Waals surface area contributed by atoms with Gasteiger partial charge in [-0.15, -0.1) is 0 Å². The van der Waals surface area contributed by atoms with Crippen LogP contribution >= 0.6 is 0 Å². The number of hydrogen-bond donors (Lipinski definition) is 0. The second-order valence-corrected chi connectivity index (χ2v) is 4.98. The summed E-state index contributed by atoms with van der Waals surface area (Å²) in [6.07, 6.45) is 3.37. The van der Waals surface area contributed by atoms with Crippen molar-refractivity contribution in [2.75, 3.05) is 13.1 Å². The van der Waals surface area contributed by atoms with Gasteiger partial charge < -0.3 is 0 Å². The predicted octanol–water partition coefficient (Wildman–Crippen LogP) is 3.74. The Hall–Kier alpha value is -1.51. The van der Waals surface area contributed by atoms with Crippen LogP contribution in [0.3, 0.4) is 0 Å². The van der Waals surface area contributed by atoms with Gasteiger partial charge in [-0.25, -0.2) is 0 Å². The predicted molar refractivity (Wildman–Crippen MR) is 73.1 cm³/mol. The Balaban J connectivity index is 2.12. The van der Waals surface area contributed by atoms with E-state index in [9.17, 15) is 0 Å². The lowest BCUT2D eigenvalue weighted by Crippen LogP contribution is -2.45. The van der Waals surface area contributed by atoms with Gasteiger partial charge in [0, 0.05) is 23.5 Å². The molecule has 0 N–H and O–H groups in total. The molecule has 1 fully saturated rings.